The molecular formula is C25H43N5O3. The maximum absolute atomic E-state index is 12.3. The van der Waals surface area contributed by atoms with Crippen LogP contribution in [0.5, 0.6) is 5.75 Å². The summed E-state index contributed by atoms with van der Waals surface area (Å²) >= 11 is 0. The predicted octanol–water partition coefficient (Wildman–Crippen LogP) is 1.37. The molecule has 0 spiro atoms. The summed E-state index contributed by atoms with van der Waals surface area (Å²) in [7, 11) is 1.80. The molecule has 1 rings (SSSR count). The standard InChI is InChI=1S/C25H43N5O3/c1-5-9-22(28-14-16-31)18-27-15-17-33-24-12-7-6-10-21(24)11-8-13-29-25(32)23(26-4)19-30-20(2)3/h6-7,9-10,12,16,20,23,26-28,30H,5,8,11,13-15,17-19H2,1-4H3,(H,29,32)/b22-9-. The molecule has 0 saturated heterocycles. The van der Waals surface area contributed by atoms with Crippen molar-refractivity contribution in [3.63, 3.8) is 0 Å². The SMILES string of the molecule is CC/C=C(/CNCCOc1ccccc1CCCNC(=O)C(CNC(C)C)NC)NCC=O. The van der Waals surface area contributed by atoms with Crippen LogP contribution in [0.25, 0.3) is 0 Å². The number of aryl methyl sites for hydroxylation is 1. The van der Waals surface area contributed by atoms with E-state index in [-0.39, 0.29) is 11.9 Å². The van der Waals surface area contributed by atoms with Crippen LogP contribution >= 0.6 is 0 Å². The number of likely N-dealkylation sites (N-methyl/N-ethyl adjacent to an activating group) is 1. The summed E-state index contributed by atoms with van der Waals surface area (Å²) in [5.74, 6) is 0.892. The van der Waals surface area contributed by atoms with E-state index in [0.29, 0.717) is 45.4 Å². The Labute approximate surface area is 199 Å². The summed E-state index contributed by atoms with van der Waals surface area (Å²) in [4.78, 5) is 22.9. The molecule has 0 bridgehead atoms. The normalized spacial score (nSPS) is 12.5. The predicted molar refractivity (Wildman–Crippen MR) is 135 cm³/mol. The largest absolute Gasteiger partial charge is 0.492 e. The van der Waals surface area contributed by atoms with Gasteiger partial charge in [0.05, 0.1) is 12.6 Å². The number of hydrogen-bond acceptors (Lipinski definition) is 7. The monoisotopic (exact) mass is 461 g/mol. The Balaban J connectivity index is 2.36. The zero-order valence-electron chi connectivity index (χ0n) is 20.7. The van der Waals surface area contributed by atoms with Crippen molar-refractivity contribution in [1.82, 2.24) is 26.6 Å². The van der Waals surface area contributed by atoms with E-state index < -0.39 is 0 Å². The second-order valence-corrected chi connectivity index (χ2v) is 8.12. The number of benzene rings is 1. The second kappa shape index (κ2) is 18.1. The highest BCUT2D eigenvalue weighted by Crippen LogP contribution is 2.19. The Hall–Kier alpha value is -2.42. The zero-order chi connectivity index (χ0) is 24.3. The van der Waals surface area contributed by atoms with Crippen molar-refractivity contribution >= 4 is 12.2 Å². The third-order valence-electron chi connectivity index (χ3n) is 5.00. The molecule has 1 unspecified atom stereocenters. The maximum Gasteiger partial charge on any atom is 0.238 e. The van der Waals surface area contributed by atoms with Gasteiger partial charge in [-0.3, -0.25) is 4.79 Å². The van der Waals surface area contributed by atoms with Gasteiger partial charge in [0.1, 0.15) is 18.6 Å². The van der Waals surface area contributed by atoms with Crippen LogP contribution in [0.15, 0.2) is 36.0 Å². The highest BCUT2D eigenvalue weighted by Gasteiger charge is 2.15. The van der Waals surface area contributed by atoms with Crippen molar-refractivity contribution in [2.45, 2.75) is 52.1 Å². The van der Waals surface area contributed by atoms with E-state index in [0.717, 1.165) is 42.6 Å². The first-order chi connectivity index (χ1) is 16.0. The van der Waals surface area contributed by atoms with E-state index in [4.69, 9.17) is 4.74 Å². The molecule has 1 amide bonds. The molecule has 5 N–H and O–H groups in total. The van der Waals surface area contributed by atoms with Crippen molar-refractivity contribution in [1.29, 1.82) is 0 Å². The first kappa shape index (κ1) is 28.6. The van der Waals surface area contributed by atoms with Gasteiger partial charge in [0.2, 0.25) is 5.91 Å². The number of para-hydroxylation sites is 1. The molecule has 0 fully saturated rings. The number of rotatable bonds is 19. The van der Waals surface area contributed by atoms with Crippen LogP contribution in [-0.4, -0.2) is 70.7 Å². The van der Waals surface area contributed by atoms with Gasteiger partial charge in [-0.15, -0.1) is 0 Å². The minimum atomic E-state index is -0.239. The fourth-order valence-electron chi connectivity index (χ4n) is 3.23. The van der Waals surface area contributed by atoms with Crippen LogP contribution < -0.4 is 31.3 Å². The Kier molecular flexibility index (Phi) is 15.7. The van der Waals surface area contributed by atoms with E-state index in [2.05, 4.69) is 59.5 Å². The van der Waals surface area contributed by atoms with Gasteiger partial charge in [-0.1, -0.05) is 45.0 Å². The Morgan fingerprint density at radius 3 is 2.64 bits per heavy atom. The number of nitrogens with one attached hydrogen (secondary N) is 5. The summed E-state index contributed by atoms with van der Waals surface area (Å²) in [5, 5.41) is 15.8. The quantitative estimate of drug-likeness (QED) is 0.157. The molecule has 33 heavy (non-hydrogen) atoms. The molecule has 0 aliphatic carbocycles. The molecule has 1 atom stereocenters. The van der Waals surface area contributed by atoms with Crippen LogP contribution in [0, 0.1) is 0 Å². The van der Waals surface area contributed by atoms with Gasteiger partial charge in [0.25, 0.3) is 0 Å². The third-order valence-corrected chi connectivity index (χ3v) is 5.00. The first-order valence-electron chi connectivity index (χ1n) is 12.0. The van der Waals surface area contributed by atoms with E-state index in [9.17, 15) is 9.59 Å². The number of carbonyl (C=O) groups is 2. The fourth-order valence-corrected chi connectivity index (χ4v) is 3.23. The van der Waals surface area contributed by atoms with E-state index in [1.165, 1.54) is 0 Å². The molecule has 8 heteroatoms. The highest BCUT2D eigenvalue weighted by atomic mass is 16.5. The average Bonchev–Trinajstić information content (AvgIpc) is 2.81. The fraction of sp³-hybridized carbons (Fsp3) is 0.600. The number of aldehydes is 1. The topological polar surface area (TPSA) is 104 Å². The summed E-state index contributed by atoms with van der Waals surface area (Å²) in [6.45, 7) is 9.66. The minimum absolute atomic E-state index is 0.0142. The van der Waals surface area contributed by atoms with Crippen LogP contribution in [0.3, 0.4) is 0 Å². The lowest BCUT2D eigenvalue weighted by atomic mass is 10.1. The van der Waals surface area contributed by atoms with Crippen molar-refractivity contribution in [2.75, 3.05) is 46.4 Å². The third kappa shape index (κ3) is 13.0. The van der Waals surface area contributed by atoms with Crippen molar-refractivity contribution in [2.24, 2.45) is 0 Å². The molecule has 1 aromatic carbocycles. The average molecular weight is 462 g/mol. The number of amides is 1. The molecule has 0 saturated carbocycles. The lowest BCUT2D eigenvalue weighted by molar-refractivity contribution is -0.123. The number of ether oxygens (including phenoxy) is 1. The number of allylic oxidation sites excluding steroid dienone is 1. The smallest absolute Gasteiger partial charge is 0.238 e. The molecular weight excluding hydrogens is 418 g/mol. The number of hydrogen-bond donors (Lipinski definition) is 5. The Morgan fingerprint density at radius 1 is 1.15 bits per heavy atom. The van der Waals surface area contributed by atoms with Crippen LogP contribution in [-0.2, 0) is 16.0 Å². The van der Waals surface area contributed by atoms with Gasteiger partial charge in [-0.25, -0.2) is 0 Å². The summed E-state index contributed by atoms with van der Waals surface area (Å²) in [6, 6.07) is 8.13. The van der Waals surface area contributed by atoms with Gasteiger partial charge in [-0.2, -0.15) is 0 Å². The molecule has 0 radical (unpaired) electrons. The molecule has 8 nitrogen and oxygen atoms in total. The molecule has 0 aliphatic rings. The Bertz CT molecular complexity index is 709. The highest BCUT2D eigenvalue weighted by molar-refractivity contribution is 5.81. The molecule has 0 aliphatic heterocycles. The summed E-state index contributed by atoms with van der Waals surface area (Å²) in [6.07, 6.45) is 5.52. The van der Waals surface area contributed by atoms with Gasteiger partial charge >= 0.3 is 0 Å². The van der Waals surface area contributed by atoms with E-state index >= 15 is 0 Å². The molecule has 0 heterocycles. The van der Waals surface area contributed by atoms with Crippen molar-refractivity contribution in [3.8, 4) is 5.75 Å². The molecule has 0 aromatic heterocycles. The Morgan fingerprint density at radius 2 is 1.94 bits per heavy atom. The van der Waals surface area contributed by atoms with E-state index in [1.807, 2.05) is 18.2 Å². The van der Waals surface area contributed by atoms with Gasteiger partial charge in [0, 0.05) is 37.9 Å². The molecule has 1 aromatic rings. The van der Waals surface area contributed by atoms with Gasteiger partial charge in [-0.05, 0) is 37.9 Å². The van der Waals surface area contributed by atoms with Crippen LogP contribution in [0.1, 0.15) is 39.2 Å². The number of carbonyl (C=O) groups excluding carboxylic acids is 2. The van der Waals surface area contributed by atoms with Crippen LogP contribution in [0.4, 0.5) is 0 Å². The van der Waals surface area contributed by atoms with Crippen molar-refractivity contribution in [3.05, 3.63) is 41.6 Å². The van der Waals surface area contributed by atoms with E-state index in [1.54, 1.807) is 7.05 Å². The zero-order valence-corrected chi connectivity index (χ0v) is 20.7. The van der Waals surface area contributed by atoms with Gasteiger partial charge in [0.15, 0.2) is 0 Å². The van der Waals surface area contributed by atoms with Crippen LogP contribution in [0.2, 0.25) is 0 Å². The lowest BCUT2D eigenvalue weighted by Crippen LogP contribution is -2.49. The van der Waals surface area contributed by atoms with Crippen molar-refractivity contribution < 1.29 is 14.3 Å². The minimum Gasteiger partial charge on any atom is -0.492 e. The first-order valence-corrected chi connectivity index (χ1v) is 12.0. The maximum atomic E-state index is 12.3. The summed E-state index contributed by atoms with van der Waals surface area (Å²) < 4.78 is 5.98. The second-order valence-electron chi connectivity index (χ2n) is 8.12. The lowest BCUT2D eigenvalue weighted by Gasteiger charge is -2.18. The molecule has 186 valence electrons. The summed E-state index contributed by atoms with van der Waals surface area (Å²) in [5.41, 5.74) is 2.16. The van der Waals surface area contributed by atoms with Gasteiger partial charge < -0.3 is 36.1 Å².